The molecular formula is C25H25F2N5O. The van der Waals surface area contributed by atoms with Crippen LogP contribution in [0.5, 0.6) is 0 Å². The van der Waals surface area contributed by atoms with Crippen molar-refractivity contribution in [1.82, 2.24) is 25.0 Å². The highest BCUT2D eigenvalue weighted by Gasteiger charge is 2.33. The van der Waals surface area contributed by atoms with Crippen molar-refractivity contribution in [3.8, 4) is 0 Å². The fourth-order valence-corrected chi connectivity index (χ4v) is 4.64. The second kappa shape index (κ2) is 8.78. The molecule has 2 N–H and O–H groups in total. The first-order valence-corrected chi connectivity index (χ1v) is 11.0. The Kier molecular flexibility index (Phi) is 5.68. The third kappa shape index (κ3) is 4.52. The summed E-state index contributed by atoms with van der Waals surface area (Å²) < 4.78 is 29.0. The van der Waals surface area contributed by atoms with Crippen molar-refractivity contribution < 1.29 is 13.6 Å². The van der Waals surface area contributed by atoms with Gasteiger partial charge in [-0.05, 0) is 47.9 Å². The van der Waals surface area contributed by atoms with Crippen LogP contribution in [0, 0.1) is 11.6 Å². The van der Waals surface area contributed by atoms with Crippen molar-refractivity contribution in [2.75, 3.05) is 13.1 Å². The molecule has 1 aliphatic rings. The van der Waals surface area contributed by atoms with Crippen LogP contribution in [0.15, 0.2) is 54.9 Å². The number of hydrogen-bond acceptors (Lipinski definition) is 3. The summed E-state index contributed by atoms with van der Waals surface area (Å²) in [4.78, 5) is 18.4. The first kappa shape index (κ1) is 21.3. The molecule has 33 heavy (non-hydrogen) atoms. The molecule has 5 rings (SSSR count). The number of aromatic amines is 1. The van der Waals surface area contributed by atoms with Gasteiger partial charge in [0.2, 0.25) is 5.91 Å². The van der Waals surface area contributed by atoms with E-state index in [0.717, 1.165) is 33.3 Å². The Morgan fingerprint density at radius 2 is 2.06 bits per heavy atom. The number of H-pyrrole nitrogens is 1. The first-order valence-electron chi connectivity index (χ1n) is 11.0. The van der Waals surface area contributed by atoms with Gasteiger partial charge < -0.3 is 10.3 Å². The molecule has 2 aromatic carbocycles. The first-order chi connectivity index (χ1) is 16.0. The minimum absolute atomic E-state index is 0.0927. The highest BCUT2D eigenvalue weighted by molar-refractivity contribution is 5.85. The van der Waals surface area contributed by atoms with Crippen LogP contribution in [0.2, 0.25) is 0 Å². The smallest absolute Gasteiger partial charge is 0.230 e. The van der Waals surface area contributed by atoms with Gasteiger partial charge in [-0.2, -0.15) is 5.10 Å². The van der Waals surface area contributed by atoms with Crippen LogP contribution in [0.4, 0.5) is 8.78 Å². The number of carbonyl (C=O) groups is 1. The number of nitrogens with zero attached hydrogens (tertiary/aromatic N) is 3. The molecule has 0 radical (unpaired) electrons. The number of rotatable bonds is 6. The maximum atomic E-state index is 13.6. The highest BCUT2D eigenvalue weighted by atomic mass is 19.1. The van der Waals surface area contributed by atoms with E-state index in [1.54, 1.807) is 16.8 Å². The molecule has 170 valence electrons. The van der Waals surface area contributed by atoms with Gasteiger partial charge in [0.05, 0.1) is 11.6 Å². The lowest BCUT2D eigenvalue weighted by molar-refractivity contribution is -0.123. The lowest BCUT2D eigenvalue weighted by Gasteiger charge is -2.31. The predicted molar refractivity (Wildman–Crippen MR) is 121 cm³/mol. The molecule has 6 nitrogen and oxygen atoms in total. The maximum absolute atomic E-state index is 13.6. The summed E-state index contributed by atoms with van der Waals surface area (Å²) >= 11 is 0. The fraction of sp³-hybridized carbons (Fsp3) is 0.280. The summed E-state index contributed by atoms with van der Waals surface area (Å²) in [5, 5.41) is 8.40. The minimum Gasteiger partial charge on any atom is -0.361 e. The number of carbonyl (C=O) groups excluding carboxylic acids is 1. The van der Waals surface area contributed by atoms with Gasteiger partial charge in [0.1, 0.15) is 11.6 Å². The monoisotopic (exact) mass is 449 g/mol. The summed E-state index contributed by atoms with van der Waals surface area (Å²) in [5.74, 6) is -1.05. The van der Waals surface area contributed by atoms with Crippen LogP contribution in [-0.2, 0) is 31.4 Å². The molecule has 3 heterocycles. The zero-order chi connectivity index (χ0) is 22.9. The van der Waals surface area contributed by atoms with Gasteiger partial charge in [0.25, 0.3) is 0 Å². The fourth-order valence-electron chi connectivity index (χ4n) is 4.64. The Morgan fingerprint density at radius 1 is 1.21 bits per heavy atom. The Labute approximate surface area is 190 Å². The van der Waals surface area contributed by atoms with Crippen LogP contribution in [0.3, 0.4) is 0 Å². The minimum atomic E-state index is -0.413. The van der Waals surface area contributed by atoms with Crippen molar-refractivity contribution in [2.24, 2.45) is 7.05 Å². The van der Waals surface area contributed by atoms with Gasteiger partial charge in [-0.3, -0.25) is 14.4 Å². The number of halogens is 2. The zero-order valence-electron chi connectivity index (χ0n) is 18.3. The van der Waals surface area contributed by atoms with Gasteiger partial charge in [0, 0.05) is 62.1 Å². The summed E-state index contributed by atoms with van der Waals surface area (Å²) in [6, 6.07) is 11.2. The van der Waals surface area contributed by atoms with Crippen LogP contribution in [0.1, 0.15) is 28.3 Å². The van der Waals surface area contributed by atoms with E-state index in [-0.39, 0.29) is 17.5 Å². The summed E-state index contributed by atoms with van der Waals surface area (Å²) in [7, 11) is 1.85. The van der Waals surface area contributed by atoms with Gasteiger partial charge >= 0.3 is 0 Å². The SMILES string of the molecule is Cn1cc2c(n1)[C@@H](C(=O)NCCc1c[nH]c3ccc(F)cc13)CN(Cc1cccc(F)c1)C2. The number of fused-ring (bicyclic) bond motifs is 2. The third-order valence-corrected chi connectivity index (χ3v) is 6.14. The molecule has 1 amide bonds. The van der Waals surface area contributed by atoms with E-state index >= 15 is 0 Å². The molecular weight excluding hydrogens is 424 g/mol. The Hall–Kier alpha value is -3.52. The Balaban J connectivity index is 1.28. The Bertz CT molecular complexity index is 1310. The average molecular weight is 450 g/mol. The average Bonchev–Trinajstić information content (AvgIpc) is 3.35. The second-order valence-corrected chi connectivity index (χ2v) is 8.61. The van der Waals surface area contributed by atoms with E-state index in [0.29, 0.717) is 32.6 Å². The van der Waals surface area contributed by atoms with Gasteiger partial charge in [-0.15, -0.1) is 0 Å². The van der Waals surface area contributed by atoms with E-state index < -0.39 is 5.92 Å². The summed E-state index contributed by atoms with van der Waals surface area (Å²) in [5.41, 5.74) is 4.50. The number of aryl methyl sites for hydroxylation is 1. The molecule has 8 heteroatoms. The largest absolute Gasteiger partial charge is 0.361 e. The molecule has 2 aromatic heterocycles. The van der Waals surface area contributed by atoms with E-state index in [1.165, 1.54) is 24.3 Å². The quantitative estimate of drug-likeness (QED) is 0.472. The predicted octanol–water partition coefficient (Wildman–Crippen LogP) is 3.64. The number of nitrogens with one attached hydrogen (secondary N) is 2. The van der Waals surface area contributed by atoms with Crippen molar-refractivity contribution in [3.63, 3.8) is 0 Å². The van der Waals surface area contributed by atoms with Crippen LogP contribution < -0.4 is 5.32 Å². The maximum Gasteiger partial charge on any atom is 0.230 e. The summed E-state index contributed by atoms with van der Waals surface area (Å²) in [6.07, 6.45) is 4.38. The molecule has 0 unspecified atom stereocenters. The molecule has 0 bridgehead atoms. The Morgan fingerprint density at radius 3 is 2.91 bits per heavy atom. The molecule has 0 fully saturated rings. The molecule has 0 spiro atoms. The van der Waals surface area contributed by atoms with E-state index in [9.17, 15) is 13.6 Å². The van der Waals surface area contributed by atoms with E-state index in [4.69, 9.17) is 0 Å². The van der Waals surface area contributed by atoms with Crippen molar-refractivity contribution >= 4 is 16.8 Å². The van der Waals surface area contributed by atoms with E-state index in [1.807, 2.05) is 25.5 Å². The van der Waals surface area contributed by atoms with Crippen LogP contribution in [-0.4, -0.2) is 38.7 Å². The standard InChI is InChI=1S/C25H25F2N5O/c1-31-13-18-14-32(12-16-3-2-4-19(26)9-16)15-22(24(18)30-31)25(33)28-8-7-17-11-29-23-6-5-20(27)10-21(17)23/h2-6,9-11,13,22,29H,7-8,12,14-15H2,1H3,(H,28,33)/t22-/m0/s1. The van der Waals surface area contributed by atoms with Crippen LogP contribution in [0.25, 0.3) is 10.9 Å². The number of hydrogen-bond donors (Lipinski definition) is 2. The molecule has 0 saturated heterocycles. The van der Waals surface area contributed by atoms with Gasteiger partial charge in [-0.1, -0.05) is 12.1 Å². The second-order valence-electron chi connectivity index (χ2n) is 8.61. The molecule has 0 saturated carbocycles. The topological polar surface area (TPSA) is 66.0 Å². The normalized spacial score (nSPS) is 16.2. The third-order valence-electron chi connectivity index (χ3n) is 6.14. The van der Waals surface area contributed by atoms with Gasteiger partial charge in [0.15, 0.2) is 0 Å². The molecule has 0 aliphatic carbocycles. The van der Waals surface area contributed by atoms with E-state index in [2.05, 4.69) is 20.3 Å². The number of amides is 1. The lowest BCUT2D eigenvalue weighted by Crippen LogP contribution is -2.41. The molecule has 1 aliphatic heterocycles. The van der Waals surface area contributed by atoms with Gasteiger partial charge in [-0.25, -0.2) is 8.78 Å². The number of benzene rings is 2. The molecule has 4 aromatic rings. The summed E-state index contributed by atoms with van der Waals surface area (Å²) in [6.45, 7) is 2.15. The highest BCUT2D eigenvalue weighted by Crippen LogP contribution is 2.28. The lowest BCUT2D eigenvalue weighted by atomic mass is 9.95. The zero-order valence-corrected chi connectivity index (χ0v) is 18.3. The van der Waals surface area contributed by atoms with Crippen molar-refractivity contribution in [1.29, 1.82) is 0 Å². The van der Waals surface area contributed by atoms with Crippen molar-refractivity contribution in [3.05, 3.63) is 88.9 Å². The van der Waals surface area contributed by atoms with Crippen LogP contribution >= 0.6 is 0 Å². The van der Waals surface area contributed by atoms with Crippen molar-refractivity contribution in [2.45, 2.75) is 25.4 Å². The molecule has 1 atom stereocenters. The number of aromatic nitrogens is 3.